The molecule has 4 aromatic rings. The molecule has 1 aliphatic heterocycles. The van der Waals surface area contributed by atoms with Gasteiger partial charge in [-0.25, -0.2) is 4.79 Å². The first-order valence-corrected chi connectivity index (χ1v) is 15.6. The smallest absolute Gasteiger partial charge is 0.335 e. The van der Waals surface area contributed by atoms with Gasteiger partial charge in [0.05, 0.1) is 11.0 Å². The lowest BCUT2D eigenvalue weighted by molar-refractivity contribution is -0.438. The molecule has 0 saturated heterocycles. The van der Waals surface area contributed by atoms with E-state index in [1.807, 2.05) is 24.3 Å². The molecule has 0 unspecified atom stereocenters. The van der Waals surface area contributed by atoms with Crippen molar-refractivity contribution in [1.29, 1.82) is 0 Å². The fourth-order valence-corrected chi connectivity index (χ4v) is 6.11. The fourth-order valence-electron chi connectivity index (χ4n) is 6.11. The molecule has 220 valence electrons. The summed E-state index contributed by atoms with van der Waals surface area (Å²) in [6.07, 6.45) is 11.8. The van der Waals surface area contributed by atoms with Crippen LogP contribution in [0.25, 0.3) is 6.08 Å². The lowest BCUT2D eigenvalue weighted by Crippen LogP contribution is -2.28. The molecular formula is C39H43N2O2+. The summed E-state index contributed by atoms with van der Waals surface area (Å²) in [5.74, 6) is -0.884. The third-order valence-corrected chi connectivity index (χ3v) is 8.49. The number of carboxylic acids is 1. The van der Waals surface area contributed by atoms with Crippen LogP contribution in [0, 0.1) is 0 Å². The zero-order valence-electron chi connectivity index (χ0n) is 25.7. The minimum absolute atomic E-state index is 0.309. The molecule has 0 fully saturated rings. The second-order valence-corrected chi connectivity index (χ2v) is 11.9. The highest BCUT2D eigenvalue weighted by Gasteiger charge is 2.44. The normalized spacial score (nSPS) is 13.8. The summed E-state index contributed by atoms with van der Waals surface area (Å²) in [5, 5.41) is 9.68. The summed E-state index contributed by atoms with van der Waals surface area (Å²) in [7, 11) is 0. The highest BCUT2D eigenvalue weighted by molar-refractivity contribution is 6.06. The highest BCUT2D eigenvalue weighted by atomic mass is 16.4. The molecule has 0 aromatic heterocycles. The SMILES string of the molecule is CCCCCCCC[N+]1=C(C=Cc2ccc(N(c3ccccc3)c3ccccc3)cc2)C(C)(C)c2cc(C(=O)O)ccc21. The van der Waals surface area contributed by atoms with E-state index in [2.05, 4.69) is 115 Å². The number of hydrogen-bond donors (Lipinski definition) is 1. The number of carbonyl (C=O) groups is 1. The van der Waals surface area contributed by atoms with Crippen molar-refractivity contribution in [2.75, 3.05) is 11.4 Å². The maximum atomic E-state index is 11.8. The fraction of sp³-hybridized carbons (Fsp3) is 0.282. The molecule has 0 spiro atoms. The number of nitrogens with zero attached hydrogens (tertiary/aromatic N) is 2. The van der Waals surface area contributed by atoms with Gasteiger partial charge < -0.3 is 10.0 Å². The number of fused-ring (bicyclic) bond motifs is 1. The molecule has 0 atom stereocenters. The summed E-state index contributed by atoms with van der Waals surface area (Å²) < 4.78 is 2.41. The van der Waals surface area contributed by atoms with Crippen LogP contribution < -0.4 is 4.90 Å². The summed E-state index contributed by atoms with van der Waals surface area (Å²) in [6, 6.07) is 35.1. The van der Waals surface area contributed by atoms with Crippen LogP contribution in [0.15, 0.2) is 109 Å². The van der Waals surface area contributed by atoms with Gasteiger partial charge in [0.2, 0.25) is 5.69 Å². The highest BCUT2D eigenvalue weighted by Crippen LogP contribution is 2.41. The molecule has 1 aliphatic rings. The number of benzene rings is 4. The third kappa shape index (κ3) is 6.80. The molecule has 0 amide bonds. The zero-order valence-corrected chi connectivity index (χ0v) is 25.7. The molecule has 1 heterocycles. The maximum Gasteiger partial charge on any atom is 0.335 e. The number of anilines is 3. The van der Waals surface area contributed by atoms with Crippen molar-refractivity contribution in [3.05, 3.63) is 126 Å². The minimum Gasteiger partial charge on any atom is -0.478 e. The van der Waals surface area contributed by atoms with Crippen molar-refractivity contribution in [1.82, 2.24) is 0 Å². The molecule has 0 bridgehead atoms. The van der Waals surface area contributed by atoms with Gasteiger partial charge in [-0.15, -0.1) is 0 Å². The number of hydrogen-bond acceptors (Lipinski definition) is 2. The van der Waals surface area contributed by atoms with Gasteiger partial charge >= 0.3 is 5.97 Å². The Morgan fingerprint density at radius 2 is 1.33 bits per heavy atom. The quantitative estimate of drug-likeness (QED) is 0.128. The van der Waals surface area contributed by atoms with E-state index in [1.165, 1.54) is 37.8 Å². The first-order chi connectivity index (χ1) is 20.9. The largest absolute Gasteiger partial charge is 0.478 e. The first kappa shape index (κ1) is 30.0. The van der Waals surface area contributed by atoms with E-state index in [-0.39, 0.29) is 5.41 Å². The molecular weight excluding hydrogens is 528 g/mol. The van der Waals surface area contributed by atoms with Gasteiger partial charge in [0, 0.05) is 41.2 Å². The van der Waals surface area contributed by atoms with E-state index in [1.54, 1.807) is 6.07 Å². The van der Waals surface area contributed by atoms with E-state index in [0.29, 0.717) is 5.56 Å². The topological polar surface area (TPSA) is 43.5 Å². The van der Waals surface area contributed by atoms with E-state index in [9.17, 15) is 9.90 Å². The molecule has 1 N–H and O–H groups in total. The Bertz CT molecular complexity index is 1550. The average Bonchev–Trinajstić information content (AvgIpc) is 3.24. The number of aromatic carboxylic acids is 1. The van der Waals surface area contributed by atoms with E-state index < -0.39 is 5.97 Å². The maximum absolute atomic E-state index is 11.8. The van der Waals surface area contributed by atoms with Crippen molar-refractivity contribution < 1.29 is 14.5 Å². The minimum atomic E-state index is -0.884. The van der Waals surface area contributed by atoms with E-state index >= 15 is 0 Å². The van der Waals surface area contributed by atoms with Gasteiger partial charge in [-0.3, -0.25) is 0 Å². The lowest BCUT2D eigenvalue weighted by Gasteiger charge is -2.25. The summed E-state index contributed by atoms with van der Waals surface area (Å²) >= 11 is 0. The Balaban J connectivity index is 1.43. The van der Waals surface area contributed by atoms with Crippen molar-refractivity contribution >= 4 is 40.5 Å². The predicted molar refractivity (Wildman–Crippen MR) is 180 cm³/mol. The van der Waals surface area contributed by atoms with Crippen LogP contribution in [-0.2, 0) is 5.41 Å². The van der Waals surface area contributed by atoms with Crippen LogP contribution in [0.5, 0.6) is 0 Å². The van der Waals surface area contributed by atoms with Gasteiger partial charge in [-0.1, -0.05) is 81.1 Å². The number of para-hydroxylation sites is 2. The molecule has 5 rings (SSSR count). The van der Waals surface area contributed by atoms with Gasteiger partial charge in [0.1, 0.15) is 6.54 Å². The van der Waals surface area contributed by atoms with Crippen LogP contribution in [0.4, 0.5) is 22.7 Å². The van der Waals surface area contributed by atoms with Gasteiger partial charge in [0.25, 0.3) is 0 Å². The van der Waals surface area contributed by atoms with Crippen LogP contribution in [-0.4, -0.2) is 27.9 Å². The zero-order chi connectivity index (χ0) is 30.2. The van der Waals surface area contributed by atoms with Crippen LogP contribution >= 0.6 is 0 Å². The van der Waals surface area contributed by atoms with Crippen LogP contribution in [0.2, 0.25) is 0 Å². The molecule has 0 saturated carbocycles. The molecule has 0 radical (unpaired) electrons. The van der Waals surface area contributed by atoms with E-state index in [4.69, 9.17) is 0 Å². The Kier molecular flexibility index (Phi) is 9.56. The first-order valence-electron chi connectivity index (χ1n) is 15.6. The van der Waals surface area contributed by atoms with Crippen molar-refractivity contribution in [2.45, 2.75) is 64.7 Å². The second-order valence-electron chi connectivity index (χ2n) is 11.9. The molecule has 4 heteroatoms. The molecule has 0 aliphatic carbocycles. The molecule has 4 aromatic carbocycles. The Hall–Kier alpha value is -4.44. The Morgan fingerprint density at radius 1 is 0.744 bits per heavy atom. The number of rotatable bonds is 13. The Morgan fingerprint density at radius 3 is 1.93 bits per heavy atom. The second kappa shape index (κ2) is 13.7. The average molecular weight is 572 g/mol. The predicted octanol–water partition coefficient (Wildman–Crippen LogP) is 10.3. The van der Waals surface area contributed by atoms with Gasteiger partial charge in [-0.2, -0.15) is 4.58 Å². The summed E-state index contributed by atoms with van der Waals surface area (Å²) in [6.45, 7) is 7.59. The standard InChI is InChI=1S/C39H42N2O2/c1-4-5-6-7-8-15-28-40-36-26-23-31(38(42)43)29-35(36)39(2,3)37(40)27-22-30-20-24-34(25-21-30)41(32-16-11-9-12-17-32)33-18-13-10-14-19-33/h9-14,16-27,29H,4-8,15,28H2,1-3H3/p+1. The van der Waals surface area contributed by atoms with Crippen LogP contribution in [0.3, 0.4) is 0 Å². The van der Waals surface area contributed by atoms with E-state index in [0.717, 1.165) is 46.8 Å². The van der Waals surface area contributed by atoms with Crippen molar-refractivity contribution in [3.63, 3.8) is 0 Å². The Labute approximate surface area is 256 Å². The number of unbranched alkanes of at least 4 members (excludes halogenated alkanes) is 5. The summed E-state index contributed by atoms with van der Waals surface area (Å²) in [4.78, 5) is 14.1. The van der Waals surface area contributed by atoms with Crippen molar-refractivity contribution in [3.8, 4) is 0 Å². The monoisotopic (exact) mass is 571 g/mol. The van der Waals surface area contributed by atoms with Gasteiger partial charge in [0.15, 0.2) is 5.71 Å². The van der Waals surface area contributed by atoms with Crippen molar-refractivity contribution in [2.24, 2.45) is 0 Å². The molecule has 4 nitrogen and oxygen atoms in total. The lowest BCUT2D eigenvalue weighted by atomic mass is 9.80. The number of carboxylic acid groups (broad SMARTS) is 1. The molecule has 43 heavy (non-hydrogen) atoms. The van der Waals surface area contributed by atoms with Gasteiger partial charge in [-0.05, 0) is 80.4 Å². The number of allylic oxidation sites excluding steroid dienone is 1. The van der Waals surface area contributed by atoms with Crippen LogP contribution in [0.1, 0.15) is 80.8 Å². The third-order valence-electron chi connectivity index (χ3n) is 8.49. The summed E-state index contributed by atoms with van der Waals surface area (Å²) in [5.41, 5.74) is 7.89.